The summed E-state index contributed by atoms with van der Waals surface area (Å²) in [6.07, 6.45) is 3.73. The van der Waals surface area contributed by atoms with Crippen LogP contribution in [0, 0.1) is 0 Å². The van der Waals surface area contributed by atoms with Crippen molar-refractivity contribution in [3.63, 3.8) is 0 Å². The molecule has 3 amide bonds. The van der Waals surface area contributed by atoms with Crippen LogP contribution in [0.1, 0.15) is 49.5 Å². The van der Waals surface area contributed by atoms with E-state index in [0.717, 1.165) is 31.2 Å². The Labute approximate surface area is 222 Å². The van der Waals surface area contributed by atoms with Crippen LogP contribution in [0.3, 0.4) is 0 Å². The van der Waals surface area contributed by atoms with Gasteiger partial charge in [0.15, 0.2) is 5.82 Å². The molecule has 1 saturated heterocycles. The fourth-order valence-electron chi connectivity index (χ4n) is 4.66. The molecule has 2 aromatic rings. The summed E-state index contributed by atoms with van der Waals surface area (Å²) in [6, 6.07) is 9.86. The molecule has 204 valence electrons. The zero-order chi connectivity index (χ0) is 26.9. The molecule has 0 bridgehead atoms. The number of aromatic nitrogens is 2. The van der Waals surface area contributed by atoms with Gasteiger partial charge in [-0.05, 0) is 39.0 Å². The summed E-state index contributed by atoms with van der Waals surface area (Å²) in [7, 11) is 0. The van der Waals surface area contributed by atoms with Gasteiger partial charge in [0.25, 0.3) is 5.91 Å². The van der Waals surface area contributed by atoms with Crippen LogP contribution in [0.2, 0.25) is 0 Å². The summed E-state index contributed by atoms with van der Waals surface area (Å²) in [6.45, 7) is 3.02. The molecule has 11 heteroatoms. The Hall–Kier alpha value is -3.73. The fraction of sp³-hybridized carbons (Fsp3) is 0.519. The van der Waals surface area contributed by atoms with Crippen LogP contribution in [0.15, 0.2) is 36.4 Å². The van der Waals surface area contributed by atoms with Crippen LogP contribution >= 0.6 is 0 Å². The van der Waals surface area contributed by atoms with Crippen LogP contribution < -0.4 is 10.1 Å². The fourth-order valence-corrected chi connectivity index (χ4v) is 4.66. The molecule has 4 rings (SSSR count). The highest BCUT2D eigenvalue weighted by atomic mass is 16.6. The number of aliphatic hydroxyl groups excluding tert-OH is 1. The van der Waals surface area contributed by atoms with Gasteiger partial charge < -0.3 is 29.7 Å². The van der Waals surface area contributed by atoms with E-state index in [1.165, 1.54) is 6.07 Å². The number of ether oxygens (including phenoxy) is 2. The van der Waals surface area contributed by atoms with E-state index in [-0.39, 0.29) is 37.3 Å². The lowest BCUT2D eigenvalue weighted by atomic mass is 10.1. The molecule has 0 unspecified atom stereocenters. The third-order valence-electron chi connectivity index (χ3n) is 6.70. The second-order valence-electron chi connectivity index (χ2n) is 9.35. The summed E-state index contributed by atoms with van der Waals surface area (Å²) in [5, 5.41) is 12.3. The quantitative estimate of drug-likeness (QED) is 0.509. The summed E-state index contributed by atoms with van der Waals surface area (Å²) in [4.78, 5) is 50.7. The molecule has 2 fully saturated rings. The van der Waals surface area contributed by atoms with Gasteiger partial charge in [-0.3, -0.25) is 9.59 Å². The predicted molar refractivity (Wildman–Crippen MR) is 138 cm³/mol. The molecule has 1 saturated carbocycles. The molecule has 1 aromatic carbocycles. The second-order valence-corrected chi connectivity index (χ2v) is 9.35. The van der Waals surface area contributed by atoms with Gasteiger partial charge in [-0.25, -0.2) is 9.78 Å². The first-order valence-electron chi connectivity index (χ1n) is 13.2. The lowest BCUT2D eigenvalue weighted by molar-refractivity contribution is -0.135. The van der Waals surface area contributed by atoms with E-state index in [0.29, 0.717) is 37.9 Å². The molecular weight excluding hydrogens is 490 g/mol. The maximum Gasteiger partial charge on any atom is 0.409 e. The van der Waals surface area contributed by atoms with Crippen LogP contribution in [-0.4, -0.2) is 94.3 Å². The first kappa shape index (κ1) is 27.3. The third kappa shape index (κ3) is 6.97. The highest BCUT2D eigenvalue weighted by molar-refractivity contribution is 5.96. The van der Waals surface area contributed by atoms with Gasteiger partial charge in [-0.1, -0.05) is 30.3 Å². The molecule has 2 heterocycles. The summed E-state index contributed by atoms with van der Waals surface area (Å²) in [5.74, 6) is -0.212. The van der Waals surface area contributed by atoms with E-state index in [1.54, 1.807) is 16.7 Å². The van der Waals surface area contributed by atoms with Crippen LogP contribution in [0.25, 0.3) is 11.4 Å². The Kier molecular flexibility index (Phi) is 9.47. The molecule has 11 nitrogen and oxygen atoms in total. The van der Waals surface area contributed by atoms with Crippen LogP contribution in [0.5, 0.6) is 5.88 Å². The molecule has 38 heavy (non-hydrogen) atoms. The van der Waals surface area contributed by atoms with Crippen molar-refractivity contribution in [1.29, 1.82) is 0 Å². The molecule has 1 aliphatic heterocycles. The van der Waals surface area contributed by atoms with E-state index in [4.69, 9.17) is 9.47 Å². The van der Waals surface area contributed by atoms with Crippen molar-refractivity contribution in [3.8, 4) is 17.3 Å². The van der Waals surface area contributed by atoms with Gasteiger partial charge in [0.05, 0.1) is 6.61 Å². The smallest absolute Gasteiger partial charge is 0.409 e. The monoisotopic (exact) mass is 525 g/mol. The number of nitrogens with one attached hydrogen (secondary N) is 1. The number of piperazine rings is 1. The number of aliphatic hydroxyl groups is 1. The molecule has 1 aromatic heterocycles. The van der Waals surface area contributed by atoms with Crippen LogP contribution in [-0.2, 0) is 9.53 Å². The Morgan fingerprint density at radius 2 is 1.74 bits per heavy atom. The maximum atomic E-state index is 13.3. The number of amides is 3. The number of nitrogens with zero attached hydrogens (tertiary/aromatic N) is 4. The normalized spacial score (nSPS) is 16.7. The standard InChI is InChI=1S/C27H35N5O6/c1-2-37-27(36)32-15-13-31(14-16-32)26(35)21(12-17-33)29-25(34)22-18-23(38-20-10-6-7-11-20)30-24(28-22)19-8-4-3-5-9-19/h3-5,8-9,18,20-21,33H,2,6-7,10-17H2,1H3,(H,29,34)/t21-/m0/s1. The number of hydrogen-bond donors (Lipinski definition) is 2. The van der Waals surface area contributed by atoms with Gasteiger partial charge >= 0.3 is 6.09 Å². The average Bonchev–Trinajstić information content (AvgIpc) is 3.46. The Balaban J connectivity index is 1.48. The van der Waals surface area contributed by atoms with E-state index in [1.807, 2.05) is 30.3 Å². The van der Waals surface area contributed by atoms with Gasteiger partial charge in [-0.2, -0.15) is 4.98 Å². The molecule has 2 N–H and O–H groups in total. The van der Waals surface area contributed by atoms with Crippen molar-refractivity contribution in [1.82, 2.24) is 25.1 Å². The summed E-state index contributed by atoms with van der Waals surface area (Å²) in [5.41, 5.74) is 0.815. The molecule has 0 spiro atoms. The average molecular weight is 526 g/mol. The lowest BCUT2D eigenvalue weighted by Gasteiger charge is -2.35. The minimum absolute atomic E-state index is 0.0430. The SMILES string of the molecule is CCOC(=O)N1CCN(C(=O)[C@H](CCO)NC(=O)c2cc(OC3CCCC3)nc(-c3ccccc3)n2)CC1. The first-order chi connectivity index (χ1) is 18.5. The lowest BCUT2D eigenvalue weighted by Crippen LogP contribution is -2.56. The van der Waals surface area contributed by atoms with Gasteiger partial charge in [0, 0.05) is 44.4 Å². The van der Waals surface area contributed by atoms with Crippen molar-refractivity contribution >= 4 is 17.9 Å². The van der Waals surface area contributed by atoms with Crippen molar-refractivity contribution in [2.45, 2.75) is 51.2 Å². The topological polar surface area (TPSA) is 134 Å². The number of hydrogen-bond acceptors (Lipinski definition) is 8. The molecule has 1 aliphatic carbocycles. The van der Waals surface area contributed by atoms with Crippen molar-refractivity contribution < 1.29 is 29.0 Å². The maximum absolute atomic E-state index is 13.3. The van der Waals surface area contributed by atoms with Crippen molar-refractivity contribution in [3.05, 3.63) is 42.1 Å². The Bertz CT molecular complexity index is 1100. The van der Waals surface area contributed by atoms with Gasteiger partial charge in [0.2, 0.25) is 11.8 Å². The van der Waals surface area contributed by atoms with E-state index >= 15 is 0 Å². The van der Waals surface area contributed by atoms with Crippen molar-refractivity contribution in [2.24, 2.45) is 0 Å². The molecule has 1 atom stereocenters. The largest absolute Gasteiger partial charge is 0.474 e. The summed E-state index contributed by atoms with van der Waals surface area (Å²) >= 11 is 0. The molecular formula is C27H35N5O6. The second kappa shape index (κ2) is 13.2. The first-order valence-corrected chi connectivity index (χ1v) is 13.2. The van der Waals surface area contributed by atoms with Gasteiger partial charge in [0.1, 0.15) is 17.8 Å². The highest BCUT2D eigenvalue weighted by Gasteiger charge is 2.31. The van der Waals surface area contributed by atoms with E-state index < -0.39 is 18.0 Å². The number of carbonyl (C=O) groups is 3. The number of rotatable bonds is 9. The van der Waals surface area contributed by atoms with Gasteiger partial charge in [-0.15, -0.1) is 0 Å². The molecule has 0 radical (unpaired) electrons. The minimum atomic E-state index is -0.948. The zero-order valence-electron chi connectivity index (χ0n) is 21.7. The third-order valence-corrected chi connectivity index (χ3v) is 6.70. The highest BCUT2D eigenvalue weighted by Crippen LogP contribution is 2.25. The predicted octanol–water partition coefficient (Wildman–Crippen LogP) is 2.25. The minimum Gasteiger partial charge on any atom is -0.474 e. The van der Waals surface area contributed by atoms with E-state index in [9.17, 15) is 19.5 Å². The Morgan fingerprint density at radius 3 is 2.39 bits per heavy atom. The van der Waals surface area contributed by atoms with Crippen molar-refractivity contribution in [2.75, 3.05) is 39.4 Å². The number of benzene rings is 1. The number of carbonyl (C=O) groups excluding carboxylic acids is 3. The van der Waals surface area contributed by atoms with Crippen LogP contribution in [0.4, 0.5) is 4.79 Å². The van der Waals surface area contributed by atoms with E-state index in [2.05, 4.69) is 15.3 Å². The molecule has 2 aliphatic rings. The Morgan fingerprint density at radius 1 is 1.05 bits per heavy atom. The zero-order valence-corrected chi connectivity index (χ0v) is 21.7. The summed E-state index contributed by atoms with van der Waals surface area (Å²) < 4.78 is 11.1.